The summed E-state index contributed by atoms with van der Waals surface area (Å²) in [5.41, 5.74) is 6.07. The van der Waals surface area contributed by atoms with E-state index < -0.39 is 0 Å². The second-order valence-electron chi connectivity index (χ2n) is 4.59. The summed E-state index contributed by atoms with van der Waals surface area (Å²) in [5, 5.41) is 13.0. The summed E-state index contributed by atoms with van der Waals surface area (Å²) in [7, 11) is 0. The molecule has 0 aliphatic heterocycles. The monoisotopic (exact) mass is 268 g/mol. The zero-order valence-corrected chi connectivity index (χ0v) is 11.4. The van der Waals surface area contributed by atoms with Gasteiger partial charge in [-0.15, -0.1) is 0 Å². The van der Waals surface area contributed by atoms with Gasteiger partial charge in [0.05, 0.1) is 6.21 Å². The Morgan fingerprint density at radius 2 is 1.80 bits per heavy atom. The van der Waals surface area contributed by atoms with Crippen molar-refractivity contribution in [2.24, 2.45) is 5.10 Å². The van der Waals surface area contributed by atoms with Crippen LogP contribution in [0.3, 0.4) is 0 Å². The molecule has 0 aliphatic rings. The molecule has 2 aromatic carbocycles. The van der Waals surface area contributed by atoms with Crippen LogP contribution in [0, 0.1) is 13.8 Å². The van der Waals surface area contributed by atoms with Crippen LogP contribution < -0.4 is 5.43 Å². The van der Waals surface area contributed by atoms with Gasteiger partial charge in [-0.25, -0.2) is 5.43 Å². The third kappa shape index (κ3) is 3.45. The molecule has 0 atom stereocenters. The lowest BCUT2D eigenvalue weighted by Crippen LogP contribution is -2.17. The Morgan fingerprint density at radius 1 is 1.10 bits per heavy atom. The fourth-order valence-corrected chi connectivity index (χ4v) is 1.67. The summed E-state index contributed by atoms with van der Waals surface area (Å²) in [5.74, 6) is -0.0514. The van der Waals surface area contributed by atoms with Gasteiger partial charge in [-0.1, -0.05) is 6.07 Å². The Bertz CT molecular complexity index is 646. The van der Waals surface area contributed by atoms with Gasteiger partial charge in [0.2, 0.25) is 0 Å². The van der Waals surface area contributed by atoms with Crippen LogP contribution in [0.2, 0.25) is 0 Å². The number of phenols is 1. The summed E-state index contributed by atoms with van der Waals surface area (Å²) in [4.78, 5) is 11.9. The van der Waals surface area contributed by atoms with Gasteiger partial charge in [-0.05, 0) is 66.9 Å². The number of aromatic hydroxyl groups is 1. The second kappa shape index (κ2) is 6.02. The molecule has 4 nitrogen and oxygen atoms in total. The Labute approximate surface area is 117 Å². The van der Waals surface area contributed by atoms with Crippen LogP contribution in [-0.4, -0.2) is 17.2 Å². The summed E-state index contributed by atoms with van der Waals surface area (Å²) in [6, 6.07) is 12.1. The SMILES string of the molecule is Cc1ccc(C(=O)NN=Cc2ccc(O)cc2)cc1C. The molecule has 0 aliphatic carbocycles. The Kier molecular flexibility index (Phi) is 4.15. The van der Waals surface area contributed by atoms with Gasteiger partial charge >= 0.3 is 0 Å². The zero-order chi connectivity index (χ0) is 14.5. The molecule has 0 bridgehead atoms. The maximum Gasteiger partial charge on any atom is 0.271 e. The van der Waals surface area contributed by atoms with E-state index in [1.165, 1.54) is 6.21 Å². The number of amides is 1. The van der Waals surface area contributed by atoms with Gasteiger partial charge in [0.15, 0.2) is 0 Å². The molecule has 20 heavy (non-hydrogen) atoms. The third-order valence-corrected chi connectivity index (χ3v) is 3.04. The van der Waals surface area contributed by atoms with E-state index in [1.54, 1.807) is 30.3 Å². The number of nitrogens with zero attached hydrogens (tertiary/aromatic N) is 1. The number of hydrazone groups is 1. The first-order chi connectivity index (χ1) is 9.56. The van der Waals surface area contributed by atoms with Gasteiger partial charge in [-0.3, -0.25) is 4.79 Å². The number of phenolic OH excluding ortho intramolecular Hbond substituents is 1. The predicted octanol–water partition coefficient (Wildman–Crippen LogP) is 2.77. The summed E-state index contributed by atoms with van der Waals surface area (Å²) in [6.45, 7) is 3.96. The topological polar surface area (TPSA) is 61.7 Å². The van der Waals surface area contributed by atoms with E-state index in [1.807, 2.05) is 26.0 Å². The highest BCUT2D eigenvalue weighted by Gasteiger charge is 2.04. The Morgan fingerprint density at radius 3 is 2.45 bits per heavy atom. The molecule has 2 N–H and O–H groups in total. The van der Waals surface area contributed by atoms with E-state index in [9.17, 15) is 4.79 Å². The number of hydrogen-bond acceptors (Lipinski definition) is 3. The molecule has 0 saturated carbocycles. The maximum atomic E-state index is 11.9. The van der Waals surface area contributed by atoms with Crippen molar-refractivity contribution in [1.82, 2.24) is 5.43 Å². The second-order valence-corrected chi connectivity index (χ2v) is 4.59. The number of carbonyl (C=O) groups is 1. The Balaban J connectivity index is 2.01. The van der Waals surface area contributed by atoms with E-state index in [2.05, 4.69) is 10.5 Å². The average molecular weight is 268 g/mol. The highest BCUT2D eigenvalue weighted by atomic mass is 16.3. The zero-order valence-electron chi connectivity index (χ0n) is 11.4. The molecule has 0 radical (unpaired) electrons. The lowest BCUT2D eigenvalue weighted by atomic mass is 10.1. The van der Waals surface area contributed by atoms with Crippen molar-refractivity contribution in [2.75, 3.05) is 0 Å². The molecule has 0 heterocycles. The number of hydrogen-bond donors (Lipinski definition) is 2. The predicted molar refractivity (Wildman–Crippen MR) is 79.1 cm³/mol. The Hall–Kier alpha value is -2.62. The van der Waals surface area contributed by atoms with Crippen molar-refractivity contribution in [3.05, 3.63) is 64.7 Å². The van der Waals surface area contributed by atoms with E-state index >= 15 is 0 Å². The lowest BCUT2D eigenvalue weighted by Gasteiger charge is -2.03. The van der Waals surface area contributed by atoms with E-state index in [0.717, 1.165) is 16.7 Å². The molecule has 0 spiro atoms. The fourth-order valence-electron chi connectivity index (χ4n) is 1.67. The van der Waals surface area contributed by atoms with Crippen LogP contribution in [0.5, 0.6) is 5.75 Å². The van der Waals surface area contributed by atoms with Gasteiger partial charge in [0.1, 0.15) is 5.75 Å². The largest absolute Gasteiger partial charge is 0.508 e. The number of nitrogens with one attached hydrogen (secondary N) is 1. The molecule has 0 saturated heterocycles. The molecule has 102 valence electrons. The molecule has 2 rings (SSSR count). The van der Waals surface area contributed by atoms with Gasteiger partial charge in [0, 0.05) is 5.56 Å². The number of carbonyl (C=O) groups excluding carboxylic acids is 1. The minimum absolute atomic E-state index is 0.196. The van der Waals surface area contributed by atoms with Crippen molar-refractivity contribution in [3.63, 3.8) is 0 Å². The minimum atomic E-state index is -0.247. The molecule has 0 unspecified atom stereocenters. The van der Waals surface area contributed by atoms with E-state index in [4.69, 9.17) is 5.11 Å². The first-order valence-corrected chi connectivity index (χ1v) is 6.26. The third-order valence-electron chi connectivity index (χ3n) is 3.04. The minimum Gasteiger partial charge on any atom is -0.508 e. The molecule has 4 heteroatoms. The van der Waals surface area contributed by atoms with Crippen molar-refractivity contribution in [2.45, 2.75) is 13.8 Å². The highest BCUT2D eigenvalue weighted by molar-refractivity contribution is 5.95. The average Bonchev–Trinajstić information content (AvgIpc) is 2.44. The van der Waals surface area contributed by atoms with Gasteiger partial charge in [0.25, 0.3) is 5.91 Å². The summed E-state index contributed by atoms with van der Waals surface area (Å²) < 4.78 is 0. The lowest BCUT2D eigenvalue weighted by molar-refractivity contribution is 0.0955. The summed E-state index contributed by atoms with van der Waals surface area (Å²) in [6.07, 6.45) is 1.53. The molecule has 1 amide bonds. The fraction of sp³-hybridized carbons (Fsp3) is 0.125. The van der Waals surface area contributed by atoms with Gasteiger partial charge in [-0.2, -0.15) is 5.10 Å². The standard InChI is InChI=1S/C16H16N2O2/c1-11-3-6-14(9-12(11)2)16(20)18-17-10-13-4-7-15(19)8-5-13/h3-10,19H,1-2H3,(H,18,20). The van der Waals surface area contributed by atoms with E-state index in [-0.39, 0.29) is 11.7 Å². The molecule has 0 fully saturated rings. The highest BCUT2D eigenvalue weighted by Crippen LogP contribution is 2.10. The smallest absolute Gasteiger partial charge is 0.271 e. The molecule has 2 aromatic rings. The molecular formula is C16H16N2O2. The molecule has 0 aromatic heterocycles. The van der Waals surface area contributed by atoms with Gasteiger partial charge < -0.3 is 5.11 Å². The first-order valence-electron chi connectivity index (χ1n) is 6.26. The first kappa shape index (κ1) is 13.8. The quantitative estimate of drug-likeness (QED) is 0.664. The number of aryl methyl sites for hydroxylation is 2. The number of rotatable bonds is 3. The maximum absolute atomic E-state index is 11.9. The van der Waals surface area contributed by atoms with Crippen LogP contribution in [0.1, 0.15) is 27.0 Å². The van der Waals surface area contributed by atoms with Crippen LogP contribution in [0.4, 0.5) is 0 Å². The van der Waals surface area contributed by atoms with Crippen molar-refractivity contribution in [1.29, 1.82) is 0 Å². The molecular weight excluding hydrogens is 252 g/mol. The van der Waals surface area contributed by atoms with Crippen molar-refractivity contribution < 1.29 is 9.90 Å². The number of benzene rings is 2. The van der Waals surface area contributed by atoms with Crippen LogP contribution in [-0.2, 0) is 0 Å². The van der Waals surface area contributed by atoms with Crippen LogP contribution in [0.15, 0.2) is 47.6 Å². The summed E-state index contributed by atoms with van der Waals surface area (Å²) >= 11 is 0. The normalized spacial score (nSPS) is 10.7. The van der Waals surface area contributed by atoms with Crippen LogP contribution >= 0.6 is 0 Å². The van der Waals surface area contributed by atoms with Crippen molar-refractivity contribution in [3.8, 4) is 5.75 Å². The van der Waals surface area contributed by atoms with Crippen LogP contribution in [0.25, 0.3) is 0 Å². The van der Waals surface area contributed by atoms with Crippen molar-refractivity contribution >= 4 is 12.1 Å². The van der Waals surface area contributed by atoms with E-state index in [0.29, 0.717) is 5.56 Å².